The van der Waals surface area contributed by atoms with Crippen molar-refractivity contribution in [3.63, 3.8) is 0 Å². The van der Waals surface area contributed by atoms with Crippen molar-refractivity contribution in [2.24, 2.45) is 0 Å². The van der Waals surface area contributed by atoms with Gasteiger partial charge in [0.2, 0.25) is 5.95 Å². The minimum absolute atomic E-state index is 0.313. The van der Waals surface area contributed by atoms with Crippen molar-refractivity contribution in [1.29, 1.82) is 0 Å². The van der Waals surface area contributed by atoms with Crippen LogP contribution in [0, 0.1) is 6.92 Å². The molecule has 2 N–H and O–H groups in total. The third-order valence-electron chi connectivity index (χ3n) is 2.91. The molecule has 4 heteroatoms. The molecule has 20 heavy (non-hydrogen) atoms. The van der Waals surface area contributed by atoms with Crippen LogP contribution >= 0.6 is 0 Å². The summed E-state index contributed by atoms with van der Waals surface area (Å²) < 4.78 is 0. The van der Waals surface area contributed by atoms with Crippen molar-refractivity contribution in [2.75, 3.05) is 10.6 Å². The molecule has 1 aromatic carbocycles. The molecule has 0 spiro atoms. The number of aromatic nitrogens is 2. The first-order chi connectivity index (χ1) is 9.56. The van der Waals surface area contributed by atoms with Crippen molar-refractivity contribution in [2.45, 2.75) is 40.2 Å². The van der Waals surface area contributed by atoms with Gasteiger partial charge in [-0.05, 0) is 44.9 Å². The zero-order valence-corrected chi connectivity index (χ0v) is 12.6. The lowest BCUT2D eigenvalue weighted by atomic mass is 10.1. The highest BCUT2D eigenvalue weighted by atomic mass is 15.1. The lowest BCUT2D eigenvalue weighted by molar-refractivity contribution is 0.871. The van der Waals surface area contributed by atoms with E-state index in [-0.39, 0.29) is 0 Å². The second kappa shape index (κ2) is 6.37. The molecule has 0 saturated heterocycles. The van der Waals surface area contributed by atoms with Gasteiger partial charge in [-0.1, -0.05) is 19.1 Å². The first-order valence-electron chi connectivity index (χ1n) is 7.05. The molecule has 0 atom stereocenters. The molecule has 0 fully saturated rings. The highest BCUT2D eigenvalue weighted by Crippen LogP contribution is 2.17. The summed E-state index contributed by atoms with van der Waals surface area (Å²) in [6.45, 7) is 8.27. The Hall–Kier alpha value is -2.10. The molecule has 0 saturated carbocycles. The van der Waals surface area contributed by atoms with Crippen molar-refractivity contribution in [3.05, 3.63) is 41.6 Å². The number of rotatable bonds is 5. The minimum Gasteiger partial charge on any atom is -0.352 e. The van der Waals surface area contributed by atoms with Gasteiger partial charge in [0, 0.05) is 23.5 Å². The zero-order valence-electron chi connectivity index (χ0n) is 12.6. The number of anilines is 3. The maximum atomic E-state index is 4.48. The van der Waals surface area contributed by atoms with E-state index in [4.69, 9.17) is 0 Å². The van der Waals surface area contributed by atoms with E-state index in [1.807, 2.05) is 13.0 Å². The fraction of sp³-hybridized carbons (Fsp3) is 0.375. The second-order valence-corrected chi connectivity index (χ2v) is 5.19. The van der Waals surface area contributed by atoms with E-state index in [9.17, 15) is 0 Å². The van der Waals surface area contributed by atoms with Crippen LogP contribution in [0.4, 0.5) is 17.5 Å². The molecule has 0 unspecified atom stereocenters. The maximum absolute atomic E-state index is 4.48. The molecule has 2 rings (SSSR count). The van der Waals surface area contributed by atoms with Gasteiger partial charge in [0.05, 0.1) is 0 Å². The Kier molecular flexibility index (Phi) is 4.56. The molecule has 106 valence electrons. The van der Waals surface area contributed by atoms with E-state index in [1.165, 1.54) is 5.56 Å². The van der Waals surface area contributed by atoms with Crippen LogP contribution in [-0.4, -0.2) is 16.0 Å². The van der Waals surface area contributed by atoms with Crippen LogP contribution in [0.3, 0.4) is 0 Å². The fourth-order valence-corrected chi connectivity index (χ4v) is 1.93. The monoisotopic (exact) mass is 270 g/mol. The first kappa shape index (κ1) is 14.3. The van der Waals surface area contributed by atoms with Gasteiger partial charge in [-0.25, -0.2) is 4.98 Å². The average Bonchev–Trinajstić information content (AvgIpc) is 2.38. The fourth-order valence-electron chi connectivity index (χ4n) is 1.93. The van der Waals surface area contributed by atoms with Crippen LogP contribution in [0.5, 0.6) is 0 Å². The van der Waals surface area contributed by atoms with E-state index in [0.717, 1.165) is 23.6 Å². The highest BCUT2D eigenvalue weighted by Gasteiger charge is 2.04. The smallest absolute Gasteiger partial charge is 0.225 e. The van der Waals surface area contributed by atoms with Crippen molar-refractivity contribution < 1.29 is 0 Å². The van der Waals surface area contributed by atoms with Crippen LogP contribution in [0.2, 0.25) is 0 Å². The molecule has 0 aliphatic heterocycles. The normalized spacial score (nSPS) is 10.7. The van der Waals surface area contributed by atoms with Crippen LogP contribution in [0.15, 0.2) is 30.3 Å². The SMILES string of the molecule is CCc1ccc(Nc2cc(C)nc(NC(C)C)n2)cc1. The quantitative estimate of drug-likeness (QED) is 0.864. The summed E-state index contributed by atoms with van der Waals surface area (Å²) in [7, 11) is 0. The molecule has 0 radical (unpaired) electrons. The Balaban J connectivity index is 2.17. The molecular weight excluding hydrogens is 248 g/mol. The molecule has 2 aromatic rings. The number of benzene rings is 1. The summed E-state index contributed by atoms with van der Waals surface area (Å²) >= 11 is 0. The summed E-state index contributed by atoms with van der Waals surface area (Å²) in [6, 6.07) is 10.7. The molecule has 0 aliphatic carbocycles. The molecule has 0 bridgehead atoms. The Morgan fingerprint density at radius 1 is 1.10 bits per heavy atom. The van der Waals surface area contributed by atoms with Crippen molar-refractivity contribution in [3.8, 4) is 0 Å². The third kappa shape index (κ3) is 3.95. The van der Waals surface area contributed by atoms with Crippen LogP contribution < -0.4 is 10.6 Å². The van der Waals surface area contributed by atoms with E-state index in [1.54, 1.807) is 0 Å². The molecule has 4 nitrogen and oxygen atoms in total. The number of nitrogens with zero attached hydrogens (tertiary/aromatic N) is 2. The predicted octanol–water partition coefficient (Wildman–Crippen LogP) is 3.91. The Labute approximate surface area is 120 Å². The largest absolute Gasteiger partial charge is 0.352 e. The summed E-state index contributed by atoms with van der Waals surface area (Å²) in [5.74, 6) is 1.47. The standard InChI is InChI=1S/C16H22N4/c1-5-13-6-8-14(9-7-13)19-15-10-12(4)18-16(20-15)17-11(2)3/h6-11H,5H2,1-4H3,(H2,17,18,19,20). The van der Waals surface area contributed by atoms with Crippen LogP contribution in [-0.2, 0) is 6.42 Å². The van der Waals surface area contributed by atoms with Crippen molar-refractivity contribution >= 4 is 17.5 Å². The van der Waals surface area contributed by atoms with Crippen molar-refractivity contribution in [1.82, 2.24) is 9.97 Å². The lowest BCUT2D eigenvalue weighted by Gasteiger charge is -2.12. The second-order valence-electron chi connectivity index (χ2n) is 5.19. The topological polar surface area (TPSA) is 49.8 Å². The molecule has 1 aromatic heterocycles. The van der Waals surface area contributed by atoms with Gasteiger partial charge in [-0.15, -0.1) is 0 Å². The maximum Gasteiger partial charge on any atom is 0.225 e. The Morgan fingerprint density at radius 3 is 2.40 bits per heavy atom. The molecule has 0 amide bonds. The lowest BCUT2D eigenvalue weighted by Crippen LogP contribution is -2.13. The Bertz CT molecular complexity index is 561. The van der Waals surface area contributed by atoms with E-state index >= 15 is 0 Å². The van der Waals surface area contributed by atoms with Gasteiger partial charge in [-0.3, -0.25) is 0 Å². The molecule has 1 heterocycles. The zero-order chi connectivity index (χ0) is 14.5. The number of hydrogen-bond acceptors (Lipinski definition) is 4. The van der Waals surface area contributed by atoms with Gasteiger partial charge in [0.15, 0.2) is 0 Å². The van der Waals surface area contributed by atoms with E-state index in [2.05, 4.69) is 65.6 Å². The van der Waals surface area contributed by atoms with E-state index in [0.29, 0.717) is 12.0 Å². The summed E-state index contributed by atoms with van der Waals surface area (Å²) in [6.07, 6.45) is 1.05. The third-order valence-corrected chi connectivity index (χ3v) is 2.91. The number of nitrogens with one attached hydrogen (secondary N) is 2. The van der Waals surface area contributed by atoms with Gasteiger partial charge in [0.1, 0.15) is 5.82 Å². The highest BCUT2D eigenvalue weighted by molar-refractivity contribution is 5.58. The van der Waals surface area contributed by atoms with Gasteiger partial charge in [0.25, 0.3) is 0 Å². The molecular formula is C16H22N4. The Morgan fingerprint density at radius 2 is 1.80 bits per heavy atom. The average molecular weight is 270 g/mol. The molecule has 0 aliphatic rings. The number of aryl methyl sites for hydroxylation is 2. The van der Waals surface area contributed by atoms with Gasteiger partial charge >= 0.3 is 0 Å². The van der Waals surface area contributed by atoms with Crippen LogP contribution in [0.25, 0.3) is 0 Å². The van der Waals surface area contributed by atoms with E-state index < -0.39 is 0 Å². The first-order valence-corrected chi connectivity index (χ1v) is 7.05. The number of hydrogen-bond donors (Lipinski definition) is 2. The predicted molar refractivity (Wildman–Crippen MR) is 84.6 cm³/mol. The van der Waals surface area contributed by atoms with Gasteiger partial charge in [-0.2, -0.15) is 4.98 Å². The summed E-state index contributed by atoms with van der Waals surface area (Å²) in [5.41, 5.74) is 3.31. The van der Waals surface area contributed by atoms with Gasteiger partial charge < -0.3 is 10.6 Å². The minimum atomic E-state index is 0.313. The van der Waals surface area contributed by atoms with Crippen LogP contribution in [0.1, 0.15) is 32.0 Å². The summed E-state index contributed by atoms with van der Waals surface area (Å²) in [4.78, 5) is 8.86. The summed E-state index contributed by atoms with van der Waals surface area (Å²) in [5, 5.41) is 6.55.